The van der Waals surface area contributed by atoms with Gasteiger partial charge in [0.25, 0.3) is 0 Å². The number of rotatable bonds is 4. The second-order valence-corrected chi connectivity index (χ2v) is 6.08. The maximum absolute atomic E-state index is 10.3. The number of carbonyl (C=O) groups excluding carboxylic acids is 1. The molecular weight excluding hydrogens is 256 g/mol. The molecule has 4 heteroatoms. The van der Waals surface area contributed by atoms with E-state index in [2.05, 4.69) is 32.1 Å². The molecule has 1 fully saturated rings. The van der Waals surface area contributed by atoms with Crippen LogP contribution >= 0.6 is 0 Å². The van der Waals surface area contributed by atoms with Crippen molar-refractivity contribution < 1.29 is 19.7 Å². The molecule has 0 saturated heterocycles. The van der Waals surface area contributed by atoms with Gasteiger partial charge in [0, 0.05) is 6.08 Å². The van der Waals surface area contributed by atoms with Crippen molar-refractivity contribution in [3.05, 3.63) is 12.7 Å². The van der Waals surface area contributed by atoms with E-state index in [0.717, 1.165) is 18.4 Å². The average Bonchev–Trinajstić information content (AvgIpc) is 2.36. The summed E-state index contributed by atoms with van der Waals surface area (Å²) in [5, 5.41) is 18.3. The van der Waals surface area contributed by atoms with Gasteiger partial charge in [-0.25, -0.2) is 4.79 Å². The van der Waals surface area contributed by atoms with E-state index in [0.29, 0.717) is 11.8 Å². The number of aliphatic hydroxyl groups excluding tert-OH is 2. The van der Waals surface area contributed by atoms with Crippen LogP contribution in [0.15, 0.2) is 12.7 Å². The smallest absolute Gasteiger partial charge is 0.330 e. The van der Waals surface area contributed by atoms with Gasteiger partial charge in [0.15, 0.2) is 0 Å². The molecule has 1 aliphatic rings. The number of esters is 1. The summed E-state index contributed by atoms with van der Waals surface area (Å²) in [4.78, 5) is 10.3. The summed E-state index contributed by atoms with van der Waals surface area (Å²) in [5.41, 5.74) is 0. The minimum atomic E-state index is -0.603. The van der Waals surface area contributed by atoms with E-state index in [1.54, 1.807) is 0 Å². The van der Waals surface area contributed by atoms with Crippen LogP contribution in [0.3, 0.4) is 0 Å². The number of aliphatic hydroxyl groups is 2. The van der Waals surface area contributed by atoms with Crippen molar-refractivity contribution in [2.45, 2.75) is 59.2 Å². The molecule has 118 valence electrons. The lowest BCUT2D eigenvalue weighted by atomic mass is 9.75. The predicted octanol–water partition coefficient (Wildman–Crippen LogP) is 2.54. The Hall–Kier alpha value is -0.870. The summed E-state index contributed by atoms with van der Waals surface area (Å²) < 4.78 is 4.45. The fourth-order valence-electron chi connectivity index (χ4n) is 2.41. The van der Waals surface area contributed by atoms with Crippen LogP contribution in [0.1, 0.15) is 47.0 Å². The Morgan fingerprint density at radius 2 is 2.00 bits per heavy atom. The molecule has 0 aromatic heterocycles. The molecule has 0 spiro atoms. The van der Waals surface area contributed by atoms with Crippen LogP contribution in [0.2, 0.25) is 0 Å². The van der Waals surface area contributed by atoms with E-state index in [9.17, 15) is 9.90 Å². The van der Waals surface area contributed by atoms with Crippen LogP contribution in [0, 0.1) is 17.8 Å². The Morgan fingerprint density at radius 1 is 1.40 bits per heavy atom. The molecule has 2 N–H and O–H groups in total. The highest BCUT2D eigenvalue weighted by molar-refractivity contribution is 5.81. The summed E-state index contributed by atoms with van der Waals surface area (Å²) >= 11 is 0. The van der Waals surface area contributed by atoms with Gasteiger partial charge in [-0.3, -0.25) is 0 Å². The second-order valence-electron chi connectivity index (χ2n) is 6.08. The van der Waals surface area contributed by atoms with Crippen molar-refractivity contribution in [3.63, 3.8) is 0 Å². The third-order valence-corrected chi connectivity index (χ3v) is 3.62. The largest absolute Gasteiger partial charge is 0.460 e. The maximum Gasteiger partial charge on any atom is 0.330 e. The number of hydrogen-bond acceptors (Lipinski definition) is 4. The van der Waals surface area contributed by atoms with Gasteiger partial charge in [-0.2, -0.15) is 0 Å². The van der Waals surface area contributed by atoms with Crippen LogP contribution < -0.4 is 0 Å². The Morgan fingerprint density at radius 3 is 2.40 bits per heavy atom. The lowest BCUT2D eigenvalue weighted by Gasteiger charge is -2.33. The zero-order valence-electron chi connectivity index (χ0n) is 13.2. The van der Waals surface area contributed by atoms with Gasteiger partial charge in [0.05, 0.1) is 12.2 Å². The molecule has 4 unspecified atom stereocenters. The number of ether oxygens (including phenoxy) is 1. The van der Waals surface area contributed by atoms with Crippen molar-refractivity contribution in [1.29, 1.82) is 0 Å². The van der Waals surface area contributed by atoms with Crippen molar-refractivity contribution in [2.24, 2.45) is 17.8 Å². The van der Waals surface area contributed by atoms with E-state index < -0.39 is 12.1 Å². The monoisotopic (exact) mass is 286 g/mol. The topological polar surface area (TPSA) is 66.8 Å². The number of carbonyl (C=O) groups is 1. The van der Waals surface area contributed by atoms with E-state index in [1.165, 1.54) is 19.8 Å². The van der Waals surface area contributed by atoms with Crippen molar-refractivity contribution in [3.8, 4) is 0 Å². The summed E-state index contributed by atoms with van der Waals surface area (Å²) in [6.45, 7) is 11.4. The molecule has 0 amide bonds. The van der Waals surface area contributed by atoms with Crippen LogP contribution in [-0.2, 0) is 9.53 Å². The third kappa shape index (κ3) is 8.33. The summed E-state index contributed by atoms with van der Waals surface area (Å²) in [7, 11) is 0. The zero-order valence-corrected chi connectivity index (χ0v) is 13.2. The van der Waals surface area contributed by atoms with E-state index in [-0.39, 0.29) is 12.7 Å². The highest BCUT2D eigenvalue weighted by Crippen LogP contribution is 2.33. The first-order valence-electron chi connectivity index (χ1n) is 7.43. The molecule has 0 aromatic carbocycles. The highest BCUT2D eigenvalue weighted by Gasteiger charge is 2.28. The lowest BCUT2D eigenvalue weighted by molar-refractivity contribution is -0.140. The summed E-state index contributed by atoms with van der Waals surface area (Å²) in [5.74, 6) is 1.44. The van der Waals surface area contributed by atoms with E-state index >= 15 is 0 Å². The van der Waals surface area contributed by atoms with Gasteiger partial charge in [0.2, 0.25) is 0 Å². The highest BCUT2D eigenvalue weighted by atomic mass is 16.5. The minimum absolute atomic E-state index is 0.0289. The van der Waals surface area contributed by atoms with Gasteiger partial charge in [-0.15, -0.1) is 0 Å². The third-order valence-electron chi connectivity index (χ3n) is 3.62. The van der Waals surface area contributed by atoms with Crippen LogP contribution in [0.4, 0.5) is 0 Å². The molecule has 4 atom stereocenters. The predicted molar refractivity (Wildman–Crippen MR) is 80.2 cm³/mol. The standard InChI is InChI=1S/C10H20O.C6H10O3/c1-7(2)9-5-4-8(3)6-10(9)11;1-3-6(8)9-4-5(2)7/h7-11H,4-6H2,1-3H3;3,5,7H,1,4H2,2H3. The molecule has 1 aliphatic carbocycles. The van der Waals surface area contributed by atoms with Crippen molar-refractivity contribution in [2.75, 3.05) is 6.61 Å². The molecule has 0 heterocycles. The van der Waals surface area contributed by atoms with Crippen molar-refractivity contribution >= 4 is 5.97 Å². The number of hydrogen-bond donors (Lipinski definition) is 2. The van der Waals surface area contributed by atoms with E-state index in [1.807, 2.05) is 0 Å². The van der Waals surface area contributed by atoms with Gasteiger partial charge in [-0.1, -0.05) is 33.8 Å². The second kappa shape index (κ2) is 9.94. The molecule has 0 bridgehead atoms. The van der Waals surface area contributed by atoms with E-state index in [4.69, 9.17) is 5.11 Å². The Bertz CT molecular complexity index is 286. The molecule has 1 saturated carbocycles. The molecule has 0 aromatic rings. The average molecular weight is 286 g/mol. The summed E-state index contributed by atoms with van der Waals surface area (Å²) in [6, 6.07) is 0. The zero-order chi connectivity index (χ0) is 15.7. The fourth-order valence-corrected chi connectivity index (χ4v) is 2.41. The quantitative estimate of drug-likeness (QED) is 0.615. The van der Waals surface area contributed by atoms with Gasteiger partial charge >= 0.3 is 5.97 Å². The first-order chi connectivity index (χ1) is 9.27. The Labute approximate surface area is 122 Å². The van der Waals surface area contributed by atoms with Crippen molar-refractivity contribution in [1.82, 2.24) is 0 Å². The normalized spacial score (nSPS) is 27.2. The minimum Gasteiger partial charge on any atom is -0.460 e. The van der Waals surface area contributed by atoms with Crippen LogP contribution in [0.25, 0.3) is 0 Å². The molecule has 20 heavy (non-hydrogen) atoms. The van der Waals surface area contributed by atoms with Crippen LogP contribution in [0.5, 0.6) is 0 Å². The van der Waals surface area contributed by atoms with Gasteiger partial charge < -0.3 is 14.9 Å². The van der Waals surface area contributed by atoms with Crippen LogP contribution in [-0.4, -0.2) is 35.0 Å². The van der Waals surface area contributed by atoms with Gasteiger partial charge in [0.1, 0.15) is 6.61 Å². The molecule has 0 aliphatic heterocycles. The lowest BCUT2D eigenvalue weighted by Crippen LogP contribution is -2.31. The molecule has 4 nitrogen and oxygen atoms in total. The molecule has 1 rings (SSSR count). The molecule has 0 radical (unpaired) electrons. The van der Waals surface area contributed by atoms with Gasteiger partial charge in [-0.05, 0) is 37.5 Å². The fraction of sp³-hybridized carbons (Fsp3) is 0.812. The SMILES string of the molecule is C=CC(=O)OCC(C)O.CC1CCC(C(C)C)C(O)C1. The first-order valence-corrected chi connectivity index (χ1v) is 7.43. The summed E-state index contributed by atoms with van der Waals surface area (Å²) in [6.07, 6.45) is 3.97. The Kier molecular flexibility index (Phi) is 9.51. The molecular formula is C16H30O4. The first kappa shape index (κ1) is 19.1. The maximum atomic E-state index is 10.3. The Balaban J connectivity index is 0.000000370.